The molecule has 0 amide bonds. The third kappa shape index (κ3) is 1.57. The Labute approximate surface area is 98.3 Å². The Morgan fingerprint density at radius 3 is 2.93 bits per heavy atom. The van der Waals surface area contributed by atoms with Gasteiger partial charge in [-0.2, -0.15) is 0 Å². The third-order valence-corrected chi connectivity index (χ3v) is 3.72. The molecular formula is C10H6BrN3S. The zero-order chi connectivity index (χ0) is 10.3. The monoisotopic (exact) mass is 279 g/mol. The highest BCUT2D eigenvalue weighted by atomic mass is 79.9. The molecule has 0 aliphatic carbocycles. The quantitative estimate of drug-likeness (QED) is 0.741. The van der Waals surface area contributed by atoms with Crippen molar-refractivity contribution >= 4 is 38.3 Å². The van der Waals surface area contributed by atoms with E-state index in [4.69, 9.17) is 0 Å². The predicted molar refractivity (Wildman–Crippen MR) is 64.9 cm³/mol. The number of nitrogens with zero attached hydrogens (tertiary/aromatic N) is 2. The summed E-state index contributed by atoms with van der Waals surface area (Å²) in [5.41, 5.74) is 1.92. The molecular weight excluding hydrogens is 274 g/mol. The summed E-state index contributed by atoms with van der Waals surface area (Å²) < 4.78 is 1.11. The molecule has 74 valence electrons. The average Bonchev–Trinajstić information content (AvgIpc) is 2.82. The first kappa shape index (κ1) is 9.06. The number of nitrogens with one attached hydrogen (secondary N) is 1. The first-order valence-electron chi connectivity index (χ1n) is 4.38. The van der Waals surface area contributed by atoms with E-state index in [0.717, 1.165) is 25.5 Å². The maximum absolute atomic E-state index is 4.49. The lowest BCUT2D eigenvalue weighted by Gasteiger charge is -1.86. The summed E-state index contributed by atoms with van der Waals surface area (Å²) in [6.45, 7) is 0. The average molecular weight is 280 g/mol. The second kappa shape index (κ2) is 3.43. The molecule has 0 atom stereocenters. The molecule has 0 radical (unpaired) electrons. The Kier molecular flexibility index (Phi) is 2.07. The minimum Gasteiger partial charge on any atom is -0.336 e. The second-order valence-corrected chi connectivity index (χ2v) is 5.55. The Morgan fingerprint density at radius 1 is 1.27 bits per heavy atom. The number of fused-ring (bicyclic) bond motifs is 1. The Morgan fingerprint density at radius 2 is 2.20 bits per heavy atom. The van der Waals surface area contributed by atoms with Gasteiger partial charge in [0.1, 0.15) is 5.82 Å². The van der Waals surface area contributed by atoms with Gasteiger partial charge in [-0.25, -0.2) is 4.98 Å². The molecule has 0 fully saturated rings. The van der Waals surface area contributed by atoms with Gasteiger partial charge in [0.2, 0.25) is 0 Å². The Hall–Kier alpha value is -1.20. The normalized spacial score (nSPS) is 11.0. The van der Waals surface area contributed by atoms with Crippen molar-refractivity contribution in [1.29, 1.82) is 0 Å². The van der Waals surface area contributed by atoms with Gasteiger partial charge in [0, 0.05) is 6.20 Å². The molecule has 3 rings (SSSR count). The Bertz CT molecular complexity index is 581. The number of pyridine rings is 1. The maximum atomic E-state index is 4.49. The summed E-state index contributed by atoms with van der Waals surface area (Å²) >= 11 is 5.10. The minimum atomic E-state index is 0.897. The highest BCUT2D eigenvalue weighted by Crippen LogP contribution is 2.30. The zero-order valence-corrected chi connectivity index (χ0v) is 9.97. The Balaban J connectivity index is 2.19. The van der Waals surface area contributed by atoms with Crippen molar-refractivity contribution in [3.63, 3.8) is 0 Å². The number of hydrogen-bond donors (Lipinski definition) is 1. The van der Waals surface area contributed by atoms with Crippen molar-refractivity contribution < 1.29 is 0 Å². The molecule has 15 heavy (non-hydrogen) atoms. The molecule has 0 bridgehead atoms. The first-order chi connectivity index (χ1) is 7.33. The van der Waals surface area contributed by atoms with Crippen LogP contribution < -0.4 is 0 Å². The molecule has 0 aliphatic heterocycles. The number of aromatic amines is 1. The number of rotatable bonds is 1. The second-order valence-electron chi connectivity index (χ2n) is 3.08. The topological polar surface area (TPSA) is 41.6 Å². The van der Waals surface area contributed by atoms with E-state index in [1.54, 1.807) is 23.7 Å². The van der Waals surface area contributed by atoms with Gasteiger partial charge in [0.25, 0.3) is 0 Å². The summed E-state index contributed by atoms with van der Waals surface area (Å²) in [7, 11) is 0. The number of hydrogen-bond acceptors (Lipinski definition) is 3. The minimum absolute atomic E-state index is 0.897. The van der Waals surface area contributed by atoms with Crippen molar-refractivity contribution in [2.75, 3.05) is 0 Å². The van der Waals surface area contributed by atoms with Crippen molar-refractivity contribution in [3.05, 3.63) is 34.4 Å². The summed E-state index contributed by atoms with van der Waals surface area (Å²) in [4.78, 5) is 12.9. The van der Waals surface area contributed by atoms with Crippen LogP contribution in [0.15, 0.2) is 34.4 Å². The number of H-pyrrole nitrogens is 1. The van der Waals surface area contributed by atoms with Gasteiger partial charge >= 0.3 is 0 Å². The summed E-state index contributed by atoms with van der Waals surface area (Å²) in [5, 5.41) is 0. The number of halogens is 1. The van der Waals surface area contributed by atoms with E-state index in [0.29, 0.717) is 0 Å². The molecule has 3 heterocycles. The summed E-state index contributed by atoms with van der Waals surface area (Å²) in [6, 6.07) is 5.96. The van der Waals surface area contributed by atoms with E-state index in [9.17, 15) is 0 Å². The van der Waals surface area contributed by atoms with E-state index in [1.165, 1.54) is 0 Å². The van der Waals surface area contributed by atoms with Crippen molar-refractivity contribution in [2.45, 2.75) is 0 Å². The summed E-state index contributed by atoms with van der Waals surface area (Å²) in [5.74, 6) is 0.897. The molecule has 3 aromatic heterocycles. The van der Waals surface area contributed by atoms with E-state index >= 15 is 0 Å². The van der Waals surface area contributed by atoms with Crippen LogP contribution in [-0.4, -0.2) is 15.0 Å². The predicted octanol–water partition coefficient (Wildman–Crippen LogP) is 3.45. The number of imidazole rings is 1. The van der Waals surface area contributed by atoms with Crippen LogP contribution in [0.4, 0.5) is 0 Å². The SMILES string of the molecule is Brc1ccc(-c2nc3ccncc3[nH]2)s1. The van der Waals surface area contributed by atoms with E-state index < -0.39 is 0 Å². The number of aromatic nitrogens is 3. The van der Waals surface area contributed by atoms with Crippen LogP contribution in [0.2, 0.25) is 0 Å². The molecule has 0 spiro atoms. The number of thiophene rings is 1. The highest BCUT2D eigenvalue weighted by molar-refractivity contribution is 9.11. The van der Waals surface area contributed by atoms with Crippen molar-refractivity contribution in [3.8, 4) is 10.7 Å². The van der Waals surface area contributed by atoms with Crippen LogP contribution in [0.25, 0.3) is 21.7 Å². The van der Waals surface area contributed by atoms with Gasteiger partial charge in [-0.05, 0) is 34.1 Å². The zero-order valence-electron chi connectivity index (χ0n) is 7.57. The molecule has 3 nitrogen and oxygen atoms in total. The third-order valence-electron chi connectivity index (χ3n) is 2.09. The van der Waals surface area contributed by atoms with Crippen LogP contribution in [0.1, 0.15) is 0 Å². The molecule has 5 heteroatoms. The van der Waals surface area contributed by atoms with E-state index in [1.807, 2.05) is 18.2 Å². The van der Waals surface area contributed by atoms with Gasteiger partial charge in [-0.1, -0.05) is 0 Å². The lowest BCUT2D eigenvalue weighted by molar-refractivity contribution is 1.34. The van der Waals surface area contributed by atoms with Crippen molar-refractivity contribution in [2.24, 2.45) is 0 Å². The smallest absolute Gasteiger partial charge is 0.148 e. The van der Waals surface area contributed by atoms with Gasteiger partial charge in [-0.3, -0.25) is 4.98 Å². The fourth-order valence-corrected chi connectivity index (χ4v) is 2.75. The van der Waals surface area contributed by atoms with Gasteiger partial charge in [-0.15, -0.1) is 11.3 Å². The molecule has 0 saturated carbocycles. The molecule has 0 aromatic carbocycles. The molecule has 0 aliphatic rings. The standard InChI is InChI=1S/C10H6BrN3S/c11-9-2-1-8(15-9)10-13-6-3-4-12-5-7(6)14-10/h1-5H,(H,13,14). The molecule has 0 unspecified atom stereocenters. The highest BCUT2D eigenvalue weighted by Gasteiger charge is 2.06. The van der Waals surface area contributed by atoms with Gasteiger partial charge in [0.15, 0.2) is 0 Å². The molecule has 3 aromatic rings. The van der Waals surface area contributed by atoms with Crippen LogP contribution in [-0.2, 0) is 0 Å². The fraction of sp³-hybridized carbons (Fsp3) is 0. The van der Waals surface area contributed by atoms with Gasteiger partial charge < -0.3 is 4.98 Å². The maximum Gasteiger partial charge on any atom is 0.148 e. The fourth-order valence-electron chi connectivity index (χ4n) is 1.42. The molecule has 0 saturated heterocycles. The van der Waals surface area contributed by atoms with Crippen LogP contribution in [0, 0.1) is 0 Å². The van der Waals surface area contributed by atoms with Crippen LogP contribution in [0.3, 0.4) is 0 Å². The van der Waals surface area contributed by atoms with E-state index in [2.05, 4.69) is 30.9 Å². The first-order valence-corrected chi connectivity index (χ1v) is 5.99. The lowest BCUT2D eigenvalue weighted by atomic mass is 10.4. The van der Waals surface area contributed by atoms with Crippen LogP contribution >= 0.6 is 27.3 Å². The molecule has 1 N–H and O–H groups in total. The van der Waals surface area contributed by atoms with E-state index in [-0.39, 0.29) is 0 Å². The largest absolute Gasteiger partial charge is 0.336 e. The van der Waals surface area contributed by atoms with Crippen LogP contribution in [0.5, 0.6) is 0 Å². The van der Waals surface area contributed by atoms with Crippen molar-refractivity contribution in [1.82, 2.24) is 15.0 Å². The lowest BCUT2D eigenvalue weighted by Crippen LogP contribution is -1.72. The van der Waals surface area contributed by atoms with Gasteiger partial charge in [0.05, 0.1) is 25.9 Å². The summed E-state index contributed by atoms with van der Waals surface area (Å²) in [6.07, 6.45) is 3.53.